The average molecular weight is 377 g/mol. The lowest BCUT2D eigenvalue weighted by Gasteiger charge is -2.11. The number of ether oxygens (including phenoxy) is 2. The highest BCUT2D eigenvalue weighted by Gasteiger charge is 2.12. The predicted octanol–water partition coefficient (Wildman–Crippen LogP) is 3.60. The van der Waals surface area contributed by atoms with E-state index in [-0.39, 0.29) is 11.8 Å². The van der Waals surface area contributed by atoms with E-state index >= 15 is 0 Å². The fraction of sp³-hybridized carbons (Fsp3) is 0.0952. The Morgan fingerprint density at radius 1 is 0.786 bits per heavy atom. The summed E-state index contributed by atoms with van der Waals surface area (Å²) in [5.41, 5.74) is 1.97. The molecule has 142 valence electrons. The van der Waals surface area contributed by atoms with Crippen LogP contribution >= 0.6 is 0 Å². The number of nitrogens with one attached hydrogen (secondary N) is 2. The van der Waals surface area contributed by atoms with Gasteiger partial charge in [-0.15, -0.1) is 0 Å². The number of anilines is 2. The molecule has 0 fully saturated rings. The molecule has 2 aromatic carbocycles. The highest BCUT2D eigenvalue weighted by molar-refractivity contribution is 6.06. The molecule has 3 aromatic rings. The third kappa shape index (κ3) is 4.45. The van der Waals surface area contributed by atoms with Crippen LogP contribution in [0.2, 0.25) is 0 Å². The Labute approximate surface area is 162 Å². The summed E-state index contributed by atoms with van der Waals surface area (Å²) in [4.78, 5) is 28.7. The number of hydrogen-bond donors (Lipinski definition) is 2. The van der Waals surface area contributed by atoms with Crippen molar-refractivity contribution in [2.24, 2.45) is 0 Å². The molecular formula is C21H19N3O4. The van der Waals surface area contributed by atoms with Crippen LogP contribution in [0, 0.1) is 0 Å². The Morgan fingerprint density at radius 2 is 1.46 bits per heavy atom. The number of pyridine rings is 1. The van der Waals surface area contributed by atoms with Crippen molar-refractivity contribution in [2.45, 2.75) is 0 Å². The minimum atomic E-state index is -0.309. The number of aromatic nitrogens is 1. The first-order valence-electron chi connectivity index (χ1n) is 8.45. The molecule has 0 saturated carbocycles. The van der Waals surface area contributed by atoms with Crippen LogP contribution < -0.4 is 20.1 Å². The zero-order valence-electron chi connectivity index (χ0n) is 15.4. The first-order valence-corrected chi connectivity index (χ1v) is 8.45. The van der Waals surface area contributed by atoms with Gasteiger partial charge in [-0.25, -0.2) is 0 Å². The Bertz CT molecular complexity index is 990. The molecule has 7 nitrogen and oxygen atoms in total. The van der Waals surface area contributed by atoms with Crippen LogP contribution in [-0.4, -0.2) is 31.0 Å². The van der Waals surface area contributed by atoms with Crippen LogP contribution in [-0.2, 0) is 0 Å². The second kappa shape index (κ2) is 8.68. The van der Waals surface area contributed by atoms with Crippen molar-refractivity contribution in [3.05, 3.63) is 78.1 Å². The van der Waals surface area contributed by atoms with Gasteiger partial charge in [0, 0.05) is 29.3 Å². The highest BCUT2D eigenvalue weighted by atomic mass is 16.5. The number of rotatable bonds is 6. The summed E-state index contributed by atoms with van der Waals surface area (Å²) in [5, 5.41) is 5.58. The topological polar surface area (TPSA) is 89.6 Å². The van der Waals surface area contributed by atoms with Crippen LogP contribution in [0.4, 0.5) is 11.4 Å². The molecule has 2 amide bonds. The van der Waals surface area contributed by atoms with Gasteiger partial charge in [0.15, 0.2) is 11.5 Å². The minimum Gasteiger partial charge on any atom is -0.493 e. The monoisotopic (exact) mass is 377 g/mol. The number of methoxy groups -OCH3 is 2. The molecule has 0 saturated heterocycles. The first-order chi connectivity index (χ1) is 13.6. The van der Waals surface area contributed by atoms with Crippen molar-refractivity contribution in [2.75, 3.05) is 24.9 Å². The van der Waals surface area contributed by atoms with Crippen LogP contribution in [0.1, 0.15) is 20.7 Å². The lowest BCUT2D eigenvalue weighted by Crippen LogP contribution is -2.14. The molecule has 0 aliphatic carbocycles. The van der Waals surface area contributed by atoms with E-state index in [1.165, 1.54) is 20.4 Å². The molecule has 1 heterocycles. The van der Waals surface area contributed by atoms with Gasteiger partial charge in [0.1, 0.15) is 0 Å². The van der Waals surface area contributed by atoms with Gasteiger partial charge in [-0.2, -0.15) is 0 Å². The van der Waals surface area contributed by atoms with Gasteiger partial charge in [-0.1, -0.05) is 6.07 Å². The van der Waals surface area contributed by atoms with Crippen LogP contribution in [0.3, 0.4) is 0 Å². The number of nitrogens with zero attached hydrogens (tertiary/aromatic N) is 1. The fourth-order valence-electron chi connectivity index (χ4n) is 2.56. The summed E-state index contributed by atoms with van der Waals surface area (Å²) >= 11 is 0. The molecule has 0 radical (unpaired) electrons. The molecule has 2 N–H and O–H groups in total. The molecule has 0 atom stereocenters. The van der Waals surface area contributed by atoms with E-state index in [1.807, 2.05) is 0 Å². The molecule has 0 spiro atoms. The molecule has 0 unspecified atom stereocenters. The predicted molar refractivity (Wildman–Crippen MR) is 106 cm³/mol. The van der Waals surface area contributed by atoms with Gasteiger partial charge in [0.2, 0.25) is 0 Å². The second-order valence-electron chi connectivity index (χ2n) is 5.80. The highest BCUT2D eigenvalue weighted by Crippen LogP contribution is 2.28. The normalized spacial score (nSPS) is 10.1. The Kier molecular flexibility index (Phi) is 5.86. The standard InChI is InChI=1S/C21H19N3O4/c1-27-18-9-8-14(11-19(18)28-2)20(25)23-16-6-3-7-17(12-16)24-21(26)15-5-4-10-22-13-15/h3-13H,1-2H3,(H,23,25)(H,24,26). The minimum absolute atomic E-state index is 0.281. The van der Waals surface area contributed by atoms with Crippen LogP contribution in [0.5, 0.6) is 11.5 Å². The average Bonchev–Trinajstić information content (AvgIpc) is 2.74. The zero-order chi connectivity index (χ0) is 19.9. The van der Waals surface area contributed by atoms with Gasteiger partial charge >= 0.3 is 0 Å². The smallest absolute Gasteiger partial charge is 0.257 e. The van der Waals surface area contributed by atoms with Crippen molar-refractivity contribution in [3.8, 4) is 11.5 Å². The Balaban J connectivity index is 1.72. The summed E-state index contributed by atoms with van der Waals surface area (Å²) in [6.07, 6.45) is 3.08. The van der Waals surface area contributed by atoms with Crippen LogP contribution in [0.15, 0.2) is 67.0 Å². The van der Waals surface area contributed by atoms with Gasteiger partial charge in [0.05, 0.1) is 19.8 Å². The van der Waals surface area contributed by atoms with Crippen molar-refractivity contribution < 1.29 is 19.1 Å². The van der Waals surface area contributed by atoms with E-state index in [0.29, 0.717) is 34.0 Å². The second-order valence-corrected chi connectivity index (χ2v) is 5.80. The lowest BCUT2D eigenvalue weighted by molar-refractivity contribution is 0.101. The zero-order valence-corrected chi connectivity index (χ0v) is 15.4. The van der Waals surface area contributed by atoms with Crippen LogP contribution in [0.25, 0.3) is 0 Å². The number of benzene rings is 2. The number of amides is 2. The Hall–Kier alpha value is -3.87. The maximum absolute atomic E-state index is 12.5. The molecule has 28 heavy (non-hydrogen) atoms. The fourth-order valence-corrected chi connectivity index (χ4v) is 2.56. The van der Waals surface area contributed by atoms with Crippen molar-refractivity contribution in [1.29, 1.82) is 0 Å². The Morgan fingerprint density at radius 3 is 2.07 bits per heavy atom. The molecule has 0 bridgehead atoms. The van der Waals surface area contributed by atoms with Gasteiger partial charge < -0.3 is 20.1 Å². The SMILES string of the molecule is COc1ccc(C(=O)Nc2cccc(NC(=O)c3cccnc3)c2)cc1OC. The number of hydrogen-bond acceptors (Lipinski definition) is 5. The van der Waals surface area contributed by atoms with E-state index in [1.54, 1.807) is 60.8 Å². The van der Waals surface area contributed by atoms with E-state index in [2.05, 4.69) is 15.6 Å². The van der Waals surface area contributed by atoms with Gasteiger partial charge in [-0.3, -0.25) is 14.6 Å². The lowest BCUT2D eigenvalue weighted by atomic mass is 10.1. The van der Waals surface area contributed by atoms with E-state index in [0.717, 1.165) is 0 Å². The van der Waals surface area contributed by atoms with E-state index < -0.39 is 0 Å². The molecule has 0 aliphatic heterocycles. The maximum Gasteiger partial charge on any atom is 0.257 e. The molecule has 7 heteroatoms. The van der Waals surface area contributed by atoms with Crippen molar-refractivity contribution in [3.63, 3.8) is 0 Å². The van der Waals surface area contributed by atoms with Gasteiger partial charge in [0.25, 0.3) is 11.8 Å². The number of carbonyl (C=O) groups excluding carboxylic acids is 2. The molecular weight excluding hydrogens is 358 g/mol. The van der Waals surface area contributed by atoms with E-state index in [4.69, 9.17) is 9.47 Å². The largest absolute Gasteiger partial charge is 0.493 e. The summed E-state index contributed by atoms with van der Waals surface area (Å²) in [6.45, 7) is 0. The van der Waals surface area contributed by atoms with Crippen molar-refractivity contribution >= 4 is 23.2 Å². The summed E-state index contributed by atoms with van der Waals surface area (Å²) in [7, 11) is 3.04. The number of carbonyl (C=O) groups is 2. The van der Waals surface area contributed by atoms with Gasteiger partial charge in [-0.05, 0) is 48.5 Å². The maximum atomic E-state index is 12.5. The van der Waals surface area contributed by atoms with Crippen molar-refractivity contribution in [1.82, 2.24) is 4.98 Å². The third-order valence-corrected chi connectivity index (χ3v) is 3.95. The first kappa shape index (κ1) is 18.9. The summed E-state index contributed by atoms with van der Waals surface area (Å²) < 4.78 is 10.4. The third-order valence-electron chi connectivity index (χ3n) is 3.95. The summed E-state index contributed by atoms with van der Waals surface area (Å²) in [5.74, 6) is 0.417. The summed E-state index contributed by atoms with van der Waals surface area (Å²) in [6, 6.07) is 15.2. The molecule has 0 aliphatic rings. The molecule has 3 rings (SSSR count). The molecule has 1 aromatic heterocycles. The quantitative estimate of drug-likeness (QED) is 0.685. The van der Waals surface area contributed by atoms with E-state index in [9.17, 15) is 9.59 Å².